The molecule has 0 aromatic carbocycles. The van der Waals surface area contributed by atoms with Gasteiger partial charge >= 0.3 is 12.1 Å². The summed E-state index contributed by atoms with van der Waals surface area (Å²) in [5.74, 6) is -1.56. The summed E-state index contributed by atoms with van der Waals surface area (Å²) in [4.78, 5) is 50.9. The molecule has 0 aromatic rings. The van der Waals surface area contributed by atoms with E-state index < -0.39 is 12.1 Å². The number of hydrogen-bond acceptors (Lipinski definition) is 6. The van der Waals surface area contributed by atoms with E-state index in [1.807, 2.05) is 0 Å². The number of likely N-dealkylation sites (N-methyl/N-ethyl adjacent to an activating group) is 1. The Bertz CT molecular complexity index is 808. The maximum Gasteiger partial charge on any atom is 0.410 e. The molecule has 2 N–H and O–H groups in total. The van der Waals surface area contributed by atoms with Gasteiger partial charge in [0.2, 0.25) is 11.8 Å². The van der Waals surface area contributed by atoms with Crippen LogP contribution in [0, 0.1) is 0 Å². The number of likely N-dealkylation sites (tertiary alicyclic amines) is 1. The normalized spacial score (nSPS) is 25.8. The summed E-state index contributed by atoms with van der Waals surface area (Å²) in [7, 11) is 1.51. The maximum atomic E-state index is 12.4. The van der Waals surface area contributed by atoms with Crippen LogP contribution in [0.2, 0.25) is 0 Å². The molecule has 0 saturated carbocycles. The van der Waals surface area contributed by atoms with Gasteiger partial charge in [0.05, 0.1) is 12.1 Å². The van der Waals surface area contributed by atoms with Crippen LogP contribution in [0.3, 0.4) is 0 Å². The van der Waals surface area contributed by atoms with Gasteiger partial charge in [0.15, 0.2) is 0 Å². The molecule has 0 unspecified atom stereocenters. The monoisotopic (exact) mass is 421 g/mol. The lowest BCUT2D eigenvalue weighted by Crippen LogP contribution is -2.49. The zero-order valence-electron chi connectivity index (χ0n) is 16.0. The first kappa shape index (κ1) is 21.0. The number of β-lactam (4-membered cyclic amide) rings is 1. The lowest BCUT2D eigenvalue weighted by atomic mass is 10.0. The highest BCUT2D eigenvalue weighted by atomic mass is 32.2. The van der Waals surface area contributed by atoms with Crippen molar-refractivity contribution in [1.82, 2.24) is 15.1 Å². The molecule has 2 fully saturated rings. The van der Waals surface area contributed by atoms with Crippen molar-refractivity contribution in [3.63, 3.8) is 0 Å². The maximum absolute atomic E-state index is 12.4. The van der Waals surface area contributed by atoms with E-state index in [4.69, 9.17) is 4.74 Å². The van der Waals surface area contributed by atoms with Gasteiger partial charge in [-0.25, -0.2) is 9.59 Å². The minimum Gasteiger partial charge on any atom is -0.477 e. The van der Waals surface area contributed by atoms with E-state index in [9.17, 15) is 24.3 Å². The molecule has 0 aromatic heterocycles. The number of fused-ring (bicyclic) bond motifs is 1. The summed E-state index contributed by atoms with van der Waals surface area (Å²) in [6.07, 6.45) is 5.39. The Hall–Kier alpha value is -2.75. The minimum atomic E-state index is -1.11. The second-order valence-corrected chi connectivity index (χ2v) is 8.33. The largest absolute Gasteiger partial charge is 0.477 e. The molecular weight excluding hydrogens is 398 g/mol. The van der Waals surface area contributed by atoms with Crippen molar-refractivity contribution in [2.75, 3.05) is 20.2 Å². The number of carboxylic acids is 1. The molecule has 29 heavy (non-hydrogen) atoms. The molecule has 3 aliphatic rings. The van der Waals surface area contributed by atoms with E-state index in [1.54, 1.807) is 6.08 Å². The van der Waals surface area contributed by atoms with Crippen LogP contribution >= 0.6 is 11.8 Å². The number of amides is 3. The van der Waals surface area contributed by atoms with Crippen molar-refractivity contribution < 1.29 is 29.0 Å². The lowest BCUT2D eigenvalue weighted by Gasteiger charge is -2.34. The number of carbonyl (C=O) groups is 4. The zero-order chi connectivity index (χ0) is 21.1. The number of aliphatic carboxylic acids is 1. The third-order valence-electron chi connectivity index (χ3n) is 5.06. The zero-order valence-corrected chi connectivity index (χ0v) is 16.8. The minimum absolute atomic E-state index is 0.0568. The Morgan fingerprint density at radius 2 is 2.14 bits per heavy atom. The molecule has 9 nitrogen and oxygen atoms in total. The Kier molecular flexibility index (Phi) is 6.31. The third-order valence-corrected chi connectivity index (χ3v) is 6.38. The van der Waals surface area contributed by atoms with E-state index in [0.29, 0.717) is 30.7 Å². The molecular formula is C19H23N3O6S. The van der Waals surface area contributed by atoms with Gasteiger partial charge in [0.1, 0.15) is 12.3 Å². The number of rotatable bonds is 7. The molecule has 0 bridgehead atoms. The smallest absolute Gasteiger partial charge is 0.410 e. The van der Waals surface area contributed by atoms with E-state index >= 15 is 0 Å². The first-order valence-electron chi connectivity index (χ1n) is 9.25. The first-order valence-corrected chi connectivity index (χ1v) is 10.1. The number of ether oxygens (including phenoxy) is 1. The number of carbonyl (C=O) groups excluding carboxylic acids is 3. The summed E-state index contributed by atoms with van der Waals surface area (Å²) in [5.41, 5.74) is 0.0568. The summed E-state index contributed by atoms with van der Waals surface area (Å²) in [5, 5.41) is 12.0. The van der Waals surface area contributed by atoms with Crippen LogP contribution in [-0.2, 0) is 19.1 Å². The number of nitrogens with zero attached hydrogens (tertiary/aromatic N) is 2. The Morgan fingerprint density at radius 3 is 2.76 bits per heavy atom. The van der Waals surface area contributed by atoms with Gasteiger partial charge in [0, 0.05) is 42.7 Å². The second-order valence-electron chi connectivity index (χ2n) is 6.94. The van der Waals surface area contributed by atoms with Crippen molar-refractivity contribution in [3.8, 4) is 0 Å². The summed E-state index contributed by atoms with van der Waals surface area (Å²) >= 11 is 1.39. The highest BCUT2D eigenvalue weighted by Gasteiger charge is 2.48. The standard InChI is InChI=1S/C19H23N3O6S/c1-3-6-28-19(27)21-10-13(7-11(21)4-5-15(23)20-2)29-14-8-12-9-16(24)22(12)17(14)18(25)26/h3-5,11-13H,1,6-10H2,2H3,(H,20,23)(H,25,26)/b5-4+/t11-,12+,13+/m1/s1. The van der Waals surface area contributed by atoms with Gasteiger partial charge < -0.3 is 25.0 Å². The number of carboxylic acid groups (broad SMARTS) is 1. The highest BCUT2D eigenvalue weighted by Crippen LogP contribution is 2.46. The van der Waals surface area contributed by atoms with Crippen LogP contribution in [0.5, 0.6) is 0 Å². The number of hydrogen-bond donors (Lipinski definition) is 2. The first-order chi connectivity index (χ1) is 13.8. The van der Waals surface area contributed by atoms with E-state index in [-0.39, 0.29) is 41.5 Å². The number of thioether (sulfide) groups is 1. The summed E-state index contributed by atoms with van der Waals surface area (Å²) in [6, 6.07) is -0.425. The number of nitrogens with one attached hydrogen (secondary N) is 1. The van der Waals surface area contributed by atoms with Crippen LogP contribution in [0.25, 0.3) is 0 Å². The van der Waals surface area contributed by atoms with Crippen molar-refractivity contribution in [1.29, 1.82) is 0 Å². The molecule has 2 saturated heterocycles. The average molecular weight is 421 g/mol. The van der Waals surface area contributed by atoms with E-state index in [0.717, 1.165) is 0 Å². The van der Waals surface area contributed by atoms with E-state index in [2.05, 4.69) is 11.9 Å². The molecule has 3 heterocycles. The van der Waals surface area contributed by atoms with Crippen LogP contribution in [0.4, 0.5) is 4.79 Å². The SMILES string of the molecule is C=CCOC(=O)N1C[C@@H](SC2=C(C(=O)O)N3C(=O)C[C@@H]3C2)C[C@H]1/C=C/C(=O)NC. The molecule has 3 amide bonds. The fraction of sp³-hybridized carbons (Fsp3) is 0.474. The molecule has 0 aliphatic carbocycles. The van der Waals surface area contributed by atoms with E-state index in [1.165, 1.54) is 40.8 Å². The van der Waals surface area contributed by atoms with Crippen LogP contribution in [-0.4, -0.2) is 76.3 Å². The van der Waals surface area contributed by atoms with Gasteiger partial charge in [-0.2, -0.15) is 0 Å². The Morgan fingerprint density at radius 1 is 1.38 bits per heavy atom. The van der Waals surface area contributed by atoms with Gasteiger partial charge in [-0.1, -0.05) is 18.7 Å². The fourth-order valence-electron chi connectivity index (χ4n) is 3.72. The molecule has 0 radical (unpaired) electrons. The third kappa shape index (κ3) is 4.31. The van der Waals surface area contributed by atoms with Crippen LogP contribution in [0.1, 0.15) is 19.3 Å². The molecule has 3 rings (SSSR count). The summed E-state index contributed by atoms with van der Waals surface area (Å²) in [6.45, 7) is 3.94. The predicted molar refractivity (Wildman–Crippen MR) is 106 cm³/mol. The van der Waals surface area contributed by atoms with Gasteiger partial charge in [0.25, 0.3) is 0 Å². The molecule has 0 spiro atoms. The predicted octanol–water partition coefficient (Wildman–Crippen LogP) is 1.09. The van der Waals surface area contributed by atoms with Crippen molar-refractivity contribution in [2.45, 2.75) is 36.6 Å². The topological polar surface area (TPSA) is 116 Å². The average Bonchev–Trinajstić information content (AvgIpc) is 3.22. The van der Waals surface area contributed by atoms with Crippen molar-refractivity contribution in [2.24, 2.45) is 0 Å². The van der Waals surface area contributed by atoms with Crippen LogP contribution in [0.15, 0.2) is 35.4 Å². The molecule has 3 atom stereocenters. The van der Waals surface area contributed by atoms with Gasteiger partial charge in [-0.3, -0.25) is 9.59 Å². The highest BCUT2D eigenvalue weighted by molar-refractivity contribution is 8.03. The molecule has 3 aliphatic heterocycles. The Balaban J connectivity index is 1.75. The summed E-state index contributed by atoms with van der Waals surface area (Å²) < 4.78 is 5.14. The molecule has 156 valence electrons. The van der Waals surface area contributed by atoms with Gasteiger partial charge in [-0.05, 0) is 6.42 Å². The second kappa shape index (κ2) is 8.73. The fourth-order valence-corrected chi connectivity index (χ4v) is 5.24. The quantitative estimate of drug-likeness (QED) is 0.359. The van der Waals surface area contributed by atoms with Crippen LogP contribution < -0.4 is 5.32 Å². The van der Waals surface area contributed by atoms with Crippen molar-refractivity contribution >= 4 is 35.6 Å². The Labute approximate surface area is 172 Å². The van der Waals surface area contributed by atoms with Gasteiger partial charge in [-0.15, -0.1) is 11.8 Å². The molecule has 10 heteroatoms. The lowest BCUT2D eigenvalue weighted by molar-refractivity contribution is -0.147. The van der Waals surface area contributed by atoms with Crippen molar-refractivity contribution in [3.05, 3.63) is 35.4 Å².